The summed E-state index contributed by atoms with van der Waals surface area (Å²) in [5.74, 6) is 2.45. The monoisotopic (exact) mass is 260 g/mol. The maximum absolute atomic E-state index is 6.27. The van der Waals surface area contributed by atoms with Gasteiger partial charge in [-0.15, -0.1) is 0 Å². The molecule has 0 aliphatic heterocycles. The van der Waals surface area contributed by atoms with Crippen molar-refractivity contribution in [2.75, 3.05) is 0 Å². The fourth-order valence-electron chi connectivity index (χ4n) is 2.08. The first-order valence-corrected chi connectivity index (χ1v) is 6.41. The van der Waals surface area contributed by atoms with Crippen LogP contribution in [0.15, 0.2) is 28.9 Å². The molecule has 2 rings (SSSR count). The van der Waals surface area contributed by atoms with Crippen molar-refractivity contribution in [3.63, 3.8) is 0 Å². The van der Waals surface area contributed by atoms with Crippen LogP contribution in [0.1, 0.15) is 42.5 Å². The predicted molar refractivity (Wildman–Crippen MR) is 74.2 cm³/mol. The molecule has 0 spiro atoms. The Morgan fingerprint density at radius 3 is 2.53 bits per heavy atom. The summed E-state index contributed by atoms with van der Waals surface area (Å²) >= 11 is 0. The summed E-state index contributed by atoms with van der Waals surface area (Å²) in [5.41, 5.74) is 8.18. The molecule has 2 aromatic heterocycles. The van der Waals surface area contributed by atoms with Crippen molar-refractivity contribution in [1.29, 1.82) is 0 Å². The number of nitrogens with zero attached hydrogens (tertiary/aromatic N) is 1. The quantitative estimate of drug-likeness (QED) is 0.917. The zero-order valence-electron chi connectivity index (χ0n) is 11.8. The Labute approximate surface area is 113 Å². The van der Waals surface area contributed by atoms with E-state index in [1.54, 1.807) is 12.4 Å². The van der Waals surface area contributed by atoms with Gasteiger partial charge in [0.1, 0.15) is 17.3 Å². The van der Waals surface area contributed by atoms with Crippen LogP contribution in [0.5, 0.6) is 5.75 Å². The Morgan fingerprint density at radius 2 is 1.95 bits per heavy atom. The normalized spacial score (nSPS) is 12.7. The van der Waals surface area contributed by atoms with E-state index >= 15 is 0 Å². The molecular formula is C15H20N2O2. The van der Waals surface area contributed by atoms with Gasteiger partial charge in [-0.05, 0) is 45.4 Å². The lowest BCUT2D eigenvalue weighted by molar-refractivity contribution is 0.241. The van der Waals surface area contributed by atoms with E-state index in [2.05, 4.69) is 4.98 Å². The van der Waals surface area contributed by atoms with Crippen molar-refractivity contribution in [3.05, 3.63) is 47.2 Å². The van der Waals surface area contributed by atoms with Gasteiger partial charge in [-0.3, -0.25) is 4.98 Å². The maximum atomic E-state index is 6.27. The fraction of sp³-hybridized carbons (Fsp3) is 0.400. The zero-order valence-corrected chi connectivity index (χ0v) is 11.8. The zero-order chi connectivity index (χ0) is 14.0. The maximum Gasteiger partial charge on any atom is 0.138 e. The van der Waals surface area contributed by atoms with Gasteiger partial charge in [0.15, 0.2) is 0 Å². The summed E-state index contributed by atoms with van der Waals surface area (Å²) in [5, 5.41) is 0. The van der Waals surface area contributed by atoms with Crippen LogP contribution < -0.4 is 10.5 Å². The highest BCUT2D eigenvalue weighted by Gasteiger charge is 2.16. The first-order chi connectivity index (χ1) is 8.97. The Morgan fingerprint density at radius 1 is 1.21 bits per heavy atom. The topological polar surface area (TPSA) is 61.3 Å². The summed E-state index contributed by atoms with van der Waals surface area (Å²) in [6.45, 7) is 7.80. The van der Waals surface area contributed by atoms with Crippen molar-refractivity contribution in [1.82, 2.24) is 4.98 Å². The molecule has 0 amide bonds. The molecule has 1 unspecified atom stereocenters. The summed E-state index contributed by atoms with van der Waals surface area (Å²) in [6.07, 6.45) is 3.58. The number of rotatable bonds is 4. The molecule has 0 radical (unpaired) electrons. The van der Waals surface area contributed by atoms with E-state index in [0.717, 1.165) is 28.4 Å². The summed E-state index contributed by atoms with van der Waals surface area (Å²) in [6, 6.07) is 3.65. The van der Waals surface area contributed by atoms with Crippen molar-refractivity contribution in [2.45, 2.75) is 39.8 Å². The summed E-state index contributed by atoms with van der Waals surface area (Å²) in [4.78, 5) is 4.19. The minimum atomic E-state index is -0.249. The van der Waals surface area contributed by atoms with E-state index in [9.17, 15) is 0 Å². The Balaban J connectivity index is 2.28. The smallest absolute Gasteiger partial charge is 0.138 e. The van der Waals surface area contributed by atoms with E-state index in [-0.39, 0.29) is 12.1 Å². The number of ether oxygens (including phenoxy) is 1. The van der Waals surface area contributed by atoms with E-state index in [0.29, 0.717) is 0 Å². The minimum Gasteiger partial charge on any atom is -0.489 e. The number of pyridine rings is 1. The lowest BCUT2D eigenvalue weighted by Gasteiger charge is -2.14. The Hall–Kier alpha value is -1.81. The molecule has 0 aliphatic carbocycles. The van der Waals surface area contributed by atoms with Crippen LogP contribution in [-0.4, -0.2) is 11.1 Å². The Bertz CT molecular complexity index is 561. The van der Waals surface area contributed by atoms with Gasteiger partial charge in [0, 0.05) is 11.8 Å². The van der Waals surface area contributed by atoms with Crippen molar-refractivity contribution < 1.29 is 9.15 Å². The van der Waals surface area contributed by atoms with Crippen LogP contribution in [0.4, 0.5) is 0 Å². The van der Waals surface area contributed by atoms with Crippen LogP contribution in [-0.2, 0) is 0 Å². The van der Waals surface area contributed by atoms with Crippen LogP contribution in [0.25, 0.3) is 0 Å². The molecule has 2 heterocycles. The second-order valence-corrected chi connectivity index (χ2v) is 4.97. The Kier molecular flexibility index (Phi) is 3.90. The number of furan rings is 1. The molecule has 19 heavy (non-hydrogen) atoms. The standard InChI is InChI=1S/C15H20N2O2/c1-9(2)18-13-6-12(7-17-8-13)15(16)14-5-10(3)19-11(14)4/h5-9,15H,16H2,1-4H3. The highest BCUT2D eigenvalue weighted by atomic mass is 16.5. The largest absolute Gasteiger partial charge is 0.489 e. The lowest BCUT2D eigenvalue weighted by atomic mass is 10.0. The van der Waals surface area contributed by atoms with Gasteiger partial charge in [0.25, 0.3) is 0 Å². The third-order valence-corrected chi connectivity index (χ3v) is 2.88. The molecule has 4 heteroatoms. The molecule has 102 valence electrons. The average Bonchev–Trinajstić information content (AvgIpc) is 2.67. The molecular weight excluding hydrogens is 240 g/mol. The van der Waals surface area contributed by atoms with Gasteiger partial charge in [0.05, 0.1) is 18.3 Å². The van der Waals surface area contributed by atoms with Gasteiger partial charge in [-0.25, -0.2) is 0 Å². The van der Waals surface area contributed by atoms with Crippen molar-refractivity contribution in [2.24, 2.45) is 5.73 Å². The second-order valence-electron chi connectivity index (χ2n) is 4.97. The minimum absolute atomic E-state index is 0.117. The summed E-state index contributed by atoms with van der Waals surface area (Å²) in [7, 11) is 0. The number of hydrogen-bond donors (Lipinski definition) is 1. The van der Waals surface area contributed by atoms with Crippen LogP contribution in [0.3, 0.4) is 0 Å². The van der Waals surface area contributed by atoms with E-state index < -0.39 is 0 Å². The SMILES string of the molecule is Cc1cc(C(N)c2cncc(OC(C)C)c2)c(C)o1. The average molecular weight is 260 g/mol. The van der Waals surface area contributed by atoms with Crippen LogP contribution >= 0.6 is 0 Å². The third-order valence-electron chi connectivity index (χ3n) is 2.88. The molecule has 2 aromatic rings. The van der Waals surface area contributed by atoms with E-state index in [1.807, 2.05) is 39.8 Å². The lowest BCUT2D eigenvalue weighted by Crippen LogP contribution is -2.13. The number of aromatic nitrogens is 1. The van der Waals surface area contributed by atoms with E-state index in [1.165, 1.54) is 0 Å². The van der Waals surface area contributed by atoms with Gasteiger partial charge < -0.3 is 14.9 Å². The first-order valence-electron chi connectivity index (χ1n) is 6.41. The first kappa shape index (κ1) is 13.6. The molecule has 2 N–H and O–H groups in total. The van der Waals surface area contributed by atoms with Crippen molar-refractivity contribution in [3.8, 4) is 5.75 Å². The summed E-state index contributed by atoms with van der Waals surface area (Å²) < 4.78 is 11.2. The van der Waals surface area contributed by atoms with E-state index in [4.69, 9.17) is 14.9 Å². The molecule has 0 saturated heterocycles. The number of nitrogens with two attached hydrogens (primary N) is 1. The molecule has 0 aromatic carbocycles. The van der Waals surface area contributed by atoms with Crippen molar-refractivity contribution >= 4 is 0 Å². The molecule has 1 atom stereocenters. The highest BCUT2D eigenvalue weighted by Crippen LogP contribution is 2.27. The molecule has 0 aliphatic rings. The fourth-order valence-corrected chi connectivity index (χ4v) is 2.08. The van der Waals surface area contributed by atoms with Gasteiger partial charge in [-0.2, -0.15) is 0 Å². The van der Waals surface area contributed by atoms with Crippen LogP contribution in [0.2, 0.25) is 0 Å². The molecule has 0 bridgehead atoms. The number of hydrogen-bond acceptors (Lipinski definition) is 4. The number of aryl methyl sites for hydroxylation is 2. The second kappa shape index (κ2) is 5.45. The predicted octanol–water partition coefficient (Wildman–Crippen LogP) is 3.13. The van der Waals surface area contributed by atoms with Crippen LogP contribution in [0, 0.1) is 13.8 Å². The van der Waals surface area contributed by atoms with Gasteiger partial charge in [-0.1, -0.05) is 0 Å². The molecule has 0 saturated carbocycles. The molecule has 4 nitrogen and oxygen atoms in total. The van der Waals surface area contributed by atoms with Gasteiger partial charge >= 0.3 is 0 Å². The third kappa shape index (κ3) is 3.15. The highest BCUT2D eigenvalue weighted by molar-refractivity contribution is 5.35. The van der Waals surface area contributed by atoms with Gasteiger partial charge in [0.2, 0.25) is 0 Å². The molecule has 0 fully saturated rings.